The molecule has 2 heteroatoms. The zero-order valence-electron chi connectivity index (χ0n) is 13.3. The van der Waals surface area contributed by atoms with Crippen molar-refractivity contribution in [2.75, 3.05) is 31.6 Å². The standard InChI is InChI=1S/C17H30N2/c1-6-18-10-8-7-9-11-19(5)17-15(3)12-14(2)13-16(17)4/h12-13,18H,6-11H2,1-5H3. The number of unbranched alkanes of at least 4 members (excludes halogenated alkanes) is 2. The van der Waals surface area contributed by atoms with Gasteiger partial charge in [0.05, 0.1) is 0 Å². The number of anilines is 1. The molecule has 1 aromatic carbocycles. The first-order chi connectivity index (χ1) is 9.06. The molecule has 0 radical (unpaired) electrons. The largest absolute Gasteiger partial charge is 0.374 e. The van der Waals surface area contributed by atoms with E-state index in [0.717, 1.165) is 19.6 Å². The molecule has 0 unspecified atom stereocenters. The van der Waals surface area contributed by atoms with Gasteiger partial charge >= 0.3 is 0 Å². The molecule has 0 saturated heterocycles. The van der Waals surface area contributed by atoms with Gasteiger partial charge in [0.2, 0.25) is 0 Å². The van der Waals surface area contributed by atoms with Gasteiger partial charge in [-0.15, -0.1) is 0 Å². The third-order valence-corrected chi connectivity index (χ3v) is 3.61. The number of benzene rings is 1. The van der Waals surface area contributed by atoms with Crippen LogP contribution in [0.2, 0.25) is 0 Å². The summed E-state index contributed by atoms with van der Waals surface area (Å²) in [5.41, 5.74) is 5.57. The molecule has 0 bridgehead atoms. The van der Waals surface area contributed by atoms with Crippen LogP contribution in [0.3, 0.4) is 0 Å². The summed E-state index contributed by atoms with van der Waals surface area (Å²) in [6.45, 7) is 12.2. The van der Waals surface area contributed by atoms with Crippen LogP contribution in [0.5, 0.6) is 0 Å². The van der Waals surface area contributed by atoms with E-state index in [2.05, 4.69) is 57.1 Å². The summed E-state index contributed by atoms with van der Waals surface area (Å²) in [6, 6.07) is 4.56. The van der Waals surface area contributed by atoms with E-state index >= 15 is 0 Å². The molecule has 1 rings (SSSR count). The van der Waals surface area contributed by atoms with E-state index in [-0.39, 0.29) is 0 Å². The second-order valence-electron chi connectivity index (χ2n) is 5.58. The van der Waals surface area contributed by atoms with E-state index in [9.17, 15) is 0 Å². The van der Waals surface area contributed by atoms with E-state index in [1.165, 1.54) is 41.6 Å². The SMILES string of the molecule is CCNCCCCCN(C)c1c(C)cc(C)cc1C. The summed E-state index contributed by atoms with van der Waals surface area (Å²) in [4.78, 5) is 2.41. The molecule has 0 aliphatic heterocycles. The first-order valence-corrected chi connectivity index (χ1v) is 7.56. The van der Waals surface area contributed by atoms with Crippen LogP contribution in [0, 0.1) is 20.8 Å². The molecule has 0 amide bonds. The van der Waals surface area contributed by atoms with Crippen molar-refractivity contribution in [2.24, 2.45) is 0 Å². The summed E-state index contributed by atoms with van der Waals surface area (Å²) < 4.78 is 0. The third-order valence-electron chi connectivity index (χ3n) is 3.61. The minimum absolute atomic E-state index is 1.08. The van der Waals surface area contributed by atoms with E-state index < -0.39 is 0 Å². The summed E-state index contributed by atoms with van der Waals surface area (Å²) in [7, 11) is 2.22. The lowest BCUT2D eigenvalue weighted by Crippen LogP contribution is -2.21. The Morgan fingerprint density at radius 1 is 1.00 bits per heavy atom. The summed E-state index contributed by atoms with van der Waals surface area (Å²) in [5, 5.41) is 3.38. The average molecular weight is 262 g/mol. The Kier molecular flexibility index (Phi) is 6.93. The van der Waals surface area contributed by atoms with Crippen LogP contribution in [0.4, 0.5) is 5.69 Å². The van der Waals surface area contributed by atoms with Crippen LogP contribution in [0.1, 0.15) is 42.9 Å². The molecule has 0 aliphatic rings. The number of hydrogen-bond acceptors (Lipinski definition) is 2. The van der Waals surface area contributed by atoms with Gasteiger partial charge in [0.1, 0.15) is 0 Å². The van der Waals surface area contributed by atoms with Crippen molar-refractivity contribution < 1.29 is 0 Å². The number of nitrogens with zero attached hydrogens (tertiary/aromatic N) is 1. The lowest BCUT2D eigenvalue weighted by atomic mass is 10.0. The van der Waals surface area contributed by atoms with Gasteiger partial charge < -0.3 is 10.2 Å². The topological polar surface area (TPSA) is 15.3 Å². The molecule has 1 aromatic rings. The van der Waals surface area contributed by atoms with E-state index in [1.54, 1.807) is 0 Å². The Labute approximate surface area is 119 Å². The fourth-order valence-corrected chi connectivity index (χ4v) is 2.84. The van der Waals surface area contributed by atoms with E-state index in [0.29, 0.717) is 0 Å². The van der Waals surface area contributed by atoms with Crippen LogP contribution < -0.4 is 10.2 Å². The van der Waals surface area contributed by atoms with Gasteiger partial charge in [-0.1, -0.05) is 31.0 Å². The van der Waals surface area contributed by atoms with Crippen molar-refractivity contribution >= 4 is 5.69 Å². The molecule has 2 nitrogen and oxygen atoms in total. The van der Waals surface area contributed by atoms with Crippen LogP contribution in [0.15, 0.2) is 12.1 Å². The highest BCUT2D eigenvalue weighted by atomic mass is 15.1. The number of hydrogen-bond donors (Lipinski definition) is 1. The molecule has 0 atom stereocenters. The van der Waals surface area contributed by atoms with Gasteiger partial charge in [-0.2, -0.15) is 0 Å². The first kappa shape index (κ1) is 16.0. The lowest BCUT2D eigenvalue weighted by Gasteiger charge is -2.24. The molecule has 0 heterocycles. The van der Waals surface area contributed by atoms with Gasteiger partial charge in [-0.3, -0.25) is 0 Å². The van der Waals surface area contributed by atoms with Crippen molar-refractivity contribution in [1.82, 2.24) is 5.32 Å². The highest BCUT2D eigenvalue weighted by molar-refractivity contribution is 5.59. The summed E-state index contributed by atoms with van der Waals surface area (Å²) >= 11 is 0. The lowest BCUT2D eigenvalue weighted by molar-refractivity contribution is 0.615. The van der Waals surface area contributed by atoms with Gasteiger partial charge in [0.25, 0.3) is 0 Å². The zero-order chi connectivity index (χ0) is 14.3. The maximum atomic E-state index is 3.38. The predicted molar refractivity (Wildman–Crippen MR) is 86.3 cm³/mol. The van der Waals surface area contributed by atoms with Gasteiger partial charge in [0.15, 0.2) is 0 Å². The van der Waals surface area contributed by atoms with Gasteiger partial charge in [-0.25, -0.2) is 0 Å². The molecule has 0 saturated carbocycles. The highest BCUT2D eigenvalue weighted by Gasteiger charge is 2.08. The van der Waals surface area contributed by atoms with Crippen LogP contribution in [-0.4, -0.2) is 26.7 Å². The number of aryl methyl sites for hydroxylation is 3. The molecule has 0 aliphatic carbocycles. The molecule has 0 fully saturated rings. The van der Waals surface area contributed by atoms with Crippen molar-refractivity contribution in [1.29, 1.82) is 0 Å². The van der Waals surface area contributed by atoms with Crippen molar-refractivity contribution in [3.8, 4) is 0 Å². The predicted octanol–water partition coefficient (Wildman–Crippen LogP) is 3.83. The Hall–Kier alpha value is -1.02. The Bertz CT molecular complexity index is 362. The monoisotopic (exact) mass is 262 g/mol. The smallest absolute Gasteiger partial charge is 0.0423 e. The Balaban J connectivity index is 2.43. The quantitative estimate of drug-likeness (QED) is 0.716. The summed E-state index contributed by atoms with van der Waals surface area (Å²) in [5.74, 6) is 0. The first-order valence-electron chi connectivity index (χ1n) is 7.56. The minimum atomic E-state index is 1.08. The number of rotatable bonds is 8. The molecule has 0 spiro atoms. The Morgan fingerprint density at radius 2 is 1.63 bits per heavy atom. The van der Waals surface area contributed by atoms with Crippen LogP contribution >= 0.6 is 0 Å². The average Bonchev–Trinajstić information content (AvgIpc) is 2.32. The van der Waals surface area contributed by atoms with Gasteiger partial charge in [-0.05, 0) is 57.8 Å². The fourth-order valence-electron chi connectivity index (χ4n) is 2.84. The van der Waals surface area contributed by atoms with E-state index in [4.69, 9.17) is 0 Å². The maximum Gasteiger partial charge on any atom is 0.0423 e. The minimum Gasteiger partial charge on any atom is -0.374 e. The van der Waals surface area contributed by atoms with Crippen molar-refractivity contribution in [3.63, 3.8) is 0 Å². The fraction of sp³-hybridized carbons (Fsp3) is 0.647. The number of nitrogens with one attached hydrogen (secondary N) is 1. The third kappa shape index (κ3) is 5.23. The zero-order valence-corrected chi connectivity index (χ0v) is 13.3. The molecular formula is C17H30N2. The molecule has 108 valence electrons. The van der Waals surface area contributed by atoms with Gasteiger partial charge in [0, 0.05) is 19.3 Å². The molecule has 1 N–H and O–H groups in total. The second kappa shape index (κ2) is 8.21. The van der Waals surface area contributed by atoms with Crippen molar-refractivity contribution in [2.45, 2.75) is 47.0 Å². The maximum absolute atomic E-state index is 3.38. The normalized spacial score (nSPS) is 10.8. The highest BCUT2D eigenvalue weighted by Crippen LogP contribution is 2.25. The summed E-state index contributed by atoms with van der Waals surface area (Å²) in [6.07, 6.45) is 3.86. The van der Waals surface area contributed by atoms with Crippen LogP contribution in [0.25, 0.3) is 0 Å². The Morgan fingerprint density at radius 3 is 2.21 bits per heavy atom. The molecule has 19 heavy (non-hydrogen) atoms. The second-order valence-corrected chi connectivity index (χ2v) is 5.58. The van der Waals surface area contributed by atoms with Crippen LogP contribution in [-0.2, 0) is 0 Å². The molecule has 0 aromatic heterocycles. The van der Waals surface area contributed by atoms with Crippen molar-refractivity contribution in [3.05, 3.63) is 28.8 Å². The van der Waals surface area contributed by atoms with E-state index in [1.807, 2.05) is 0 Å². The molecular weight excluding hydrogens is 232 g/mol.